The van der Waals surface area contributed by atoms with E-state index in [1.165, 1.54) is 12.1 Å². The summed E-state index contributed by atoms with van der Waals surface area (Å²) in [5.74, 6) is 0. The van der Waals surface area contributed by atoms with E-state index in [2.05, 4.69) is 9.44 Å². The molecule has 0 saturated heterocycles. The summed E-state index contributed by atoms with van der Waals surface area (Å²) in [7, 11) is -6.75. The van der Waals surface area contributed by atoms with Crippen LogP contribution in [0.15, 0.2) is 18.2 Å². The quantitative estimate of drug-likeness (QED) is 0.862. The second-order valence-electron chi connectivity index (χ2n) is 4.60. The van der Waals surface area contributed by atoms with Crippen LogP contribution in [0.25, 0.3) is 0 Å². The Hall–Kier alpha value is -1.28. The largest absolute Gasteiger partial charge is 0.284 e. The molecule has 0 heterocycles. The Morgan fingerprint density at radius 1 is 1.05 bits per heavy atom. The van der Waals surface area contributed by atoms with Gasteiger partial charge in [0.25, 0.3) is 0 Å². The molecule has 0 aliphatic carbocycles. The Kier molecular flexibility index (Phi) is 4.46. The molecule has 1 aromatic rings. The van der Waals surface area contributed by atoms with Crippen molar-refractivity contribution >= 4 is 31.4 Å². The number of hydrogen-bond donors (Lipinski definition) is 2. The molecule has 0 bridgehead atoms. The van der Waals surface area contributed by atoms with Crippen LogP contribution in [0.4, 0.5) is 11.4 Å². The van der Waals surface area contributed by atoms with Gasteiger partial charge in [0.05, 0.1) is 17.2 Å². The van der Waals surface area contributed by atoms with Gasteiger partial charge < -0.3 is 0 Å². The molecule has 0 atom stereocenters. The Morgan fingerprint density at radius 3 is 2.05 bits per heavy atom. The van der Waals surface area contributed by atoms with Crippen molar-refractivity contribution in [1.29, 1.82) is 0 Å². The molecule has 0 fully saturated rings. The third-order valence-corrected chi connectivity index (χ3v) is 4.75. The molecule has 2 N–H and O–H groups in total. The number of nitrogens with one attached hydrogen (secondary N) is 2. The van der Waals surface area contributed by atoms with E-state index in [-0.39, 0.29) is 0 Å². The minimum absolute atomic E-state index is 0.408. The van der Waals surface area contributed by atoms with Gasteiger partial charge in [-0.2, -0.15) is 0 Å². The van der Waals surface area contributed by atoms with Gasteiger partial charge in [0.15, 0.2) is 0 Å². The van der Waals surface area contributed by atoms with Gasteiger partial charge >= 0.3 is 0 Å². The lowest BCUT2D eigenvalue weighted by Crippen LogP contribution is -2.22. The van der Waals surface area contributed by atoms with Crippen LogP contribution in [0.3, 0.4) is 0 Å². The maximum Gasteiger partial charge on any atom is 0.235 e. The van der Waals surface area contributed by atoms with Gasteiger partial charge in [-0.15, -0.1) is 0 Å². The van der Waals surface area contributed by atoms with E-state index < -0.39 is 25.3 Å². The molecule has 19 heavy (non-hydrogen) atoms. The highest BCUT2D eigenvalue weighted by Gasteiger charge is 2.16. The highest BCUT2D eigenvalue weighted by atomic mass is 32.2. The first-order valence-corrected chi connectivity index (χ1v) is 9.05. The molecule has 0 spiro atoms. The molecule has 8 heteroatoms. The minimum Gasteiger partial charge on any atom is -0.284 e. The van der Waals surface area contributed by atoms with E-state index >= 15 is 0 Å². The second kappa shape index (κ2) is 5.38. The number of sulfonamides is 2. The van der Waals surface area contributed by atoms with E-state index in [9.17, 15) is 16.8 Å². The van der Waals surface area contributed by atoms with E-state index in [4.69, 9.17) is 0 Å². The van der Waals surface area contributed by atoms with Crippen LogP contribution in [0.2, 0.25) is 0 Å². The zero-order chi connectivity index (χ0) is 14.8. The van der Waals surface area contributed by atoms with E-state index in [0.29, 0.717) is 16.9 Å². The van der Waals surface area contributed by atoms with Crippen molar-refractivity contribution in [2.24, 2.45) is 0 Å². The Morgan fingerprint density at radius 2 is 1.63 bits per heavy atom. The van der Waals surface area contributed by atoms with E-state index in [1.807, 2.05) is 0 Å². The van der Waals surface area contributed by atoms with Gasteiger partial charge in [-0.1, -0.05) is 0 Å². The fraction of sp³-hybridized carbons (Fsp3) is 0.455. The third kappa shape index (κ3) is 4.71. The van der Waals surface area contributed by atoms with Gasteiger partial charge in [-0.25, -0.2) is 16.8 Å². The summed E-state index contributed by atoms with van der Waals surface area (Å²) in [4.78, 5) is 0. The lowest BCUT2D eigenvalue weighted by atomic mass is 10.2. The van der Waals surface area contributed by atoms with Gasteiger partial charge in [-0.05, 0) is 44.5 Å². The molecule has 0 saturated carbocycles. The smallest absolute Gasteiger partial charge is 0.235 e. The topological polar surface area (TPSA) is 92.3 Å². The first-order valence-electron chi connectivity index (χ1n) is 5.61. The zero-order valence-corrected chi connectivity index (χ0v) is 12.9. The predicted molar refractivity (Wildman–Crippen MR) is 77.3 cm³/mol. The number of anilines is 2. The molecule has 1 aromatic carbocycles. The van der Waals surface area contributed by atoms with Crippen molar-refractivity contribution in [2.45, 2.75) is 26.0 Å². The number of rotatable bonds is 5. The molecule has 0 aromatic heterocycles. The number of aryl methyl sites for hydroxylation is 1. The Bertz CT molecular complexity index is 664. The van der Waals surface area contributed by atoms with Crippen molar-refractivity contribution in [3.05, 3.63) is 23.8 Å². The molecule has 0 aliphatic rings. The average molecular weight is 306 g/mol. The van der Waals surface area contributed by atoms with E-state index in [1.54, 1.807) is 26.8 Å². The van der Waals surface area contributed by atoms with Crippen LogP contribution < -0.4 is 9.44 Å². The van der Waals surface area contributed by atoms with Gasteiger partial charge in [0, 0.05) is 5.69 Å². The zero-order valence-electron chi connectivity index (χ0n) is 11.3. The standard InChI is InChI=1S/C11H18N2O4S2/c1-8(2)19(16,17)12-10-5-6-11(9(3)7-10)13-18(4,14)15/h5-8,12-13H,1-4H3. The fourth-order valence-corrected chi connectivity index (χ4v) is 2.64. The molecular weight excluding hydrogens is 288 g/mol. The summed E-state index contributed by atoms with van der Waals surface area (Å²) in [6.07, 6.45) is 1.06. The van der Waals surface area contributed by atoms with Crippen LogP contribution in [0.1, 0.15) is 19.4 Å². The fourth-order valence-electron chi connectivity index (χ4n) is 1.32. The van der Waals surface area contributed by atoms with Crippen molar-refractivity contribution in [3.8, 4) is 0 Å². The normalized spacial score (nSPS) is 12.5. The first-order chi connectivity index (χ1) is 8.51. The second-order valence-corrected chi connectivity index (χ2v) is 8.59. The van der Waals surface area contributed by atoms with Crippen molar-refractivity contribution in [3.63, 3.8) is 0 Å². The van der Waals surface area contributed by atoms with Crippen molar-refractivity contribution in [1.82, 2.24) is 0 Å². The molecular formula is C11H18N2O4S2. The van der Waals surface area contributed by atoms with Crippen molar-refractivity contribution < 1.29 is 16.8 Å². The van der Waals surface area contributed by atoms with Crippen LogP contribution in [0, 0.1) is 6.92 Å². The molecule has 0 unspecified atom stereocenters. The molecule has 0 amide bonds. The summed E-state index contributed by atoms with van der Waals surface area (Å²) in [5, 5.41) is -0.540. The lowest BCUT2D eigenvalue weighted by Gasteiger charge is -2.13. The lowest BCUT2D eigenvalue weighted by molar-refractivity contribution is 0.592. The van der Waals surface area contributed by atoms with Gasteiger partial charge in [0.2, 0.25) is 20.0 Å². The van der Waals surface area contributed by atoms with Crippen LogP contribution in [0.5, 0.6) is 0 Å². The first kappa shape index (κ1) is 15.8. The molecule has 1 rings (SSSR count). The highest BCUT2D eigenvalue weighted by Crippen LogP contribution is 2.21. The Labute approximate surface area is 114 Å². The monoisotopic (exact) mass is 306 g/mol. The highest BCUT2D eigenvalue weighted by molar-refractivity contribution is 7.93. The van der Waals surface area contributed by atoms with Crippen molar-refractivity contribution in [2.75, 3.05) is 15.7 Å². The molecule has 0 aliphatic heterocycles. The van der Waals surface area contributed by atoms with Crippen LogP contribution in [-0.4, -0.2) is 28.3 Å². The number of benzene rings is 1. The summed E-state index contributed by atoms with van der Waals surface area (Å²) in [5.41, 5.74) is 1.47. The van der Waals surface area contributed by atoms with Crippen LogP contribution in [-0.2, 0) is 20.0 Å². The summed E-state index contributed by atoms with van der Waals surface area (Å²) in [6.45, 7) is 4.85. The van der Waals surface area contributed by atoms with Gasteiger partial charge in [-0.3, -0.25) is 9.44 Å². The number of hydrogen-bond acceptors (Lipinski definition) is 4. The average Bonchev–Trinajstić information content (AvgIpc) is 2.19. The predicted octanol–water partition coefficient (Wildman–Crippen LogP) is 1.52. The summed E-state index contributed by atoms with van der Waals surface area (Å²) >= 11 is 0. The molecule has 6 nitrogen and oxygen atoms in total. The Balaban J connectivity index is 3.01. The summed E-state index contributed by atoms with van der Waals surface area (Å²) < 4.78 is 50.5. The van der Waals surface area contributed by atoms with Gasteiger partial charge in [0.1, 0.15) is 0 Å². The maximum absolute atomic E-state index is 11.7. The summed E-state index contributed by atoms with van der Waals surface area (Å²) in [6, 6.07) is 4.61. The van der Waals surface area contributed by atoms with Crippen LogP contribution >= 0.6 is 0 Å². The minimum atomic E-state index is -3.40. The molecule has 0 radical (unpaired) electrons. The maximum atomic E-state index is 11.7. The SMILES string of the molecule is Cc1cc(NS(=O)(=O)C(C)C)ccc1NS(C)(=O)=O. The molecule has 108 valence electrons. The van der Waals surface area contributed by atoms with E-state index in [0.717, 1.165) is 6.26 Å². The third-order valence-electron chi connectivity index (χ3n) is 2.40.